The van der Waals surface area contributed by atoms with Crippen LogP contribution in [0.1, 0.15) is 31.9 Å². The topological polar surface area (TPSA) is 93.4 Å². The molecule has 0 fully saturated rings. The van der Waals surface area contributed by atoms with Crippen LogP contribution < -0.4 is 21.1 Å². The lowest BCUT2D eigenvalue weighted by atomic mass is 9.87. The summed E-state index contributed by atoms with van der Waals surface area (Å²) in [6.45, 7) is 6.77. The summed E-state index contributed by atoms with van der Waals surface area (Å²) in [7, 11) is 0. The van der Waals surface area contributed by atoms with Gasteiger partial charge in [0.1, 0.15) is 5.75 Å². The molecule has 2 rings (SSSR count). The van der Waals surface area contributed by atoms with E-state index in [0.717, 1.165) is 5.56 Å². The Kier molecular flexibility index (Phi) is 6.22. The Balaban J connectivity index is 1.77. The first-order valence-electron chi connectivity index (χ1n) is 8.39. The molecule has 2 aromatic carbocycles. The molecule has 138 valence electrons. The number of carbonyl (C=O) groups is 2. The second kappa shape index (κ2) is 8.38. The zero-order chi connectivity index (χ0) is 19.2. The number of primary amides is 1. The summed E-state index contributed by atoms with van der Waals surface area (Å²) in [6.07, 6.45) is 0. The van der Waals surface area contributed by atoms with Crippen LogP contribution in [-0.2, 0) is 16.8 Å². The van der Waals surface area contributed by atoms with E-state index in [1.165, 1.54) is 5.56 Å². The Hall–Kier alpha value is -3.02. The molecule has 0 unspecified atom stereocenters. The van der Waals surface area contributed by atoms with Crippen LogP contribution >= 0.6 is 0 Å². The second-order valence-electron chi connectivity index (χ2n) is 7.03. The number of amides is 3. The van der Waals surface area contributed by atoms with Gasteiger partial charge in [0.2, 0.25) is 0 Å². The van der Waals surface area contributed by atoms with Crippen molar-refractivity contribution in [3.8, 4) is 5.75 Å². The normalized spacial score (nSPS) is 10.9. The molecule has 0 saturated heterocycles. The summed E-state index contributed by atoms with van der Waals surface area (Å²) in [5.74, 6) is 0.458. The van der Waals surface area contributed by atoms with E-state index in [9.17, 15) is 9.59 Å². The number of hydrogen-bond acceptors (Lipinski definition) is 3. The minimum atomic E-state index is -0.612. The number of ether oxygens (including phenoxy) is 1. The fraction of sp³-hybridized carbons (Fsp3) is 0.300. The number of hydrogen-bond donors (Lipinski definition) is 3. The smallest absolute Gasteiger partial charge is 0.316 e. The molecule has 0 bridgehead atoms. The van der Waals surface area contributed by atoms with E-state index < -0.39 is 6.03 Å². The molecule has 6 heteroatoms. The van der Waals surface area contributed by atoms with E-state index in [1.54, 1.807) is 24.3 Å². The molecular formula is C20H25N3O3. The summed E-state index contributed by atoms with van der Waals surface area (Å²) in [5.41, 5.74) is 7.86. The number of anilines is 1. The lowest BCUT2D eigenvalue weighted by molar-refractivity contribution is -0.123. The van der Waals surface area contributed by atoms with Crippen molar-refractivity contribution in [3.05, 3.63) is 59.7 Å². The maximum Gasteiger partial charge on any atom is 0.316 e. The molecule has 6 nitrogen and oxygen atoms in total. The summed E-state index contributed by atoms with van der Waals surface area (Å²) in [5, 5.41) is 5.27. The first kappa shape index (κ1) is 19.3. The van der Waals surface area contributed by atoms with E-state index in [0.29, 0.717) is 18.0 Å². The van der Waals surface area contributed by atoms with Gasteiger partial charge in [-0.15, -0.1) is 0 Å². The number of carbonyl (C=O) groups excluding carboxylic acids is 2. The quantitative estimate of drug-likeness (QED) is 0.743. The van der Waals surface area contributed by atoms with Gasteiger partial charge >= 0.3 is 6.03 Å². The van der Waals surface area contributed by atoms with Crippen LogP contribution in [0.15, 0.2) is 48.5 Å². The Morgan fingerprint density at radius 1 is 1.00 bits per heavy atom. The standard InChI is InChI=1S/C20H25N3O3/c1-20(2,3)15-6-10-17(11-7-15)26-13-18(24)22-12-14-4-8-16(9-5-14)23-19(21)25/h4-11H,12-13H2,1-3H3,(H,22,24)(H3,21,23,25). The summed E-state index contributed by atoms with van der Waals surface area (Å²) >= 11 is 0. The van der Waals surface area contributed by atoms with Crippen molar-refractivity contribution in [1.82, 2.24) is 5.32 Å². The monoisotopic (exact) mass is 355 g/mol. The van der Waals surface area contributed by atoms with Crippen LogP contribution in [0.2, 0.25) is 0 Å². The van der Waals surface area contributed by atoms with Gasteiger partial charge in [0.15, 0.2) is 6.61 Å². The van der Waals surface area contributed by atoms with Crippen LogP contribution in [0, 0.1) is 0 Å². The van der Waals surface area contributed by atoms with Crippen molar-refractivity contribution in [2.75, 3.05) is 11.9 Å². The fourth-order valence-electron chi connectivity index (χ4n) is 2.30. The van der Waals surface area contributed by atoms with Gasteiger partial charge in [0.25, 0.3) is 5.91 Å². The molecule has 0 aliphatic carbocycles. The Bertz CT molecular complexity index is 747. The summed E-state index contributed by atoms with van der Waals surface area (Å²) in [6, 6.07) is 14.2. The second-order valence-corrected chi connectivity index (χ2v) is 7.03. The summed E-state index contributed by atoms with van der Waals surface area (Å²) in [4.78, 5) is 22.7. The Morgan fingerprint density at radius 3 is 2.15 bits per heavy atom. The average molecular weight is 355 g/mol. The fourth-order valence-corrected chi connectivity index (χ4v) is 2.30. The predicted molar refractivity (Wildman–Crippen MR) is 102 cm³/mol. The highest BCUT2D eigenvalue weighted by molar-refractivity contribution is 5.87. The Morgan fingerprint density at radius 2 is 1.62 bits per heavy atom. The van der Waals surface area contributed by atoms with E-state index in [4.69, 9.17) is 10.5 Å². The van der Waals surface area contributed by atoms with Crippen molar-refractivity contribution < 1.29 is 14.3 Å². The third-order valence-electron chi connectivity index (χ3n) is 3.80. The first-order valence-corrected chi connectivity index (χ1v) is 8.39. The van der Waals surface area contributed by atoms with Gasteiger partial charge < -0.3 is 21.1 Å². The molecule has 0 aromatic heterocycles. The first-order chi connectivity index (χ1) is 12.2. The van der Waals surface area contributed by atoms with Gasteiger partial charge in [-0.1, -0.05) is 45.0 Å². The molecular weight excluding hydrogens is 330 g/mol. The third kappa shape index (κ3) is 6.12. The van der Waals surface area contributed by atoms with E-state index in [1.807, 2.05) is 24.3 Å². The maximum atomic E-state index is 11.9. The van der Waals surface area contributed by atoms with Crippen molar-refractivity contribution in [2.24, 2.45) is 5.73 Å². The van der Waals surface area contributed by atoms with Crippen LogP contribution in [0.5, 0.6) is 5.75 Å². The van der Waals surface area contributed by atoms with Crippen molar-refractivity contribution in [3.63, 3.8) is 0 Å². The van der Waals surface area contributed by atoms with Gasteiger partial charge in [-0.25, -0.2) is 4.79 Å². The predicted octanol–water partition coefficient (Wildman–Crippen LogP) is 3.17. The van der Waals surface area contributed by atoms with Crippen molar-refractivity contribution in [1.29, 1.82) is 0 Å². The van der Waals surface area contributed by atoms with Gasteiger partial charge in [-0.05, 0) is 40.8 Å². The molecule has 0 radical (unpaired) electrons. The molecule has 0 saturated carbocycles. The molecule has 26 heavy (non-hydrogen) atoms. The minimum Gasteiger partial charge on any atom is -0.484 e. The Labute approximate surface area is 153 Å². The van der Waals surface area contributed by atoms with Crippen molar-refractivity contribution >= 4 is 17.6 Å². The van der Waals surface area contributed by atoms with E-state index >= 15 is 0 Å². The third-order valence-corrected chi connectivity index (χ3v) is 3.80. The van der Waals surface area contributed by atoms with E-state index in [-0.39, 0.29) is 17.9 Å². The highest BCUT2D eigenvalue weighted by atomic mass is 16.5. The molecule has 0 spiro atoms. The lowest BCUT2D eigenvalue weighted by Crippen LogP contribution is -2.28. The molecule has 4 N–H and O–H groups in total. The number of nitrogens with two attached hydrogens (primary N) is 1. The van der Waals surface area contributed by atoms with Gasteiger partial charge in [-0.3, -0.25) is 4.79 Å². The lowest BCUT2D eigenvalue weighted by Gasteiger charge is -2.19. The molecule has 0 atom stereocenters. The molecule has 2 aromatic rings. The number of rotatable bonds is 6. The van der Waals surface area contributed by atoms with Crippen LogP contribution in [-0.4, -0.2) is 18.5 Å². The van der Waals surface area contributed by atoms with Gasteiger partial charge in [0.05, 0.1) is 0 Å². The van der Waals surface area contributed by atoms with Crippen LogP contribution in [0.4, 0.5) is 10.5 Å². The minimum absolute atomic E-state index is 0.0455. The van der Waals surface area contributed by atoms with E-state index in [2.05, 4.69) is 31.4 Å². The largest absolute Gasteiger partial charge is 0.484 e. The van der Waals surface area contributed by atoms with Gasteiger partial charge in [-0.2, -0.15) is 0 Å². The molecule has 0 aliphatic heterocycles. The summed E-state index contributed by atoms with van der Waals surface area (Å²) < 4.78 is 5.51. The van der Waals surface area contributed by atoms with Crippen molar-refractivity contribution in [2.45, 2.75) is 32.7 Å². The van der Waals surface area contributed by atoms with Crippen LogP contribution in [0.25, 0.3) is 0 Å². The molecule has 3 amide bonds. The molecule has 0 aliphatic rings. The van der Waals surface area contributed by atoms with Gasteiger partial charge in [0, 0.05) is 12.2 Å². The zero-order valence-electron chi connectivity index (χ0n) is 15.3. The SMILES string of the molecule is CC(C)(C)c1ccc(OCC(=O)NCc2ccc(NC(N)=O)cc2)cc1. The van der Waals surface area contributed by atoms with Crippen LogP contribution in [0.3, 0.4) is 0 Å². The highest BCUT2D eigenvalue weighted by Crippen LogP contribution is 2.24. The average Bonchev–Trinajstić information content (AvgIpc) is 2.58. The maximum absolute atomic E-state index is 11.9. The number of benzene rings is 2. The zero-order valence-corrected chi connectivity index (χ0v) is 15.3. The number of nitrogens with one attached hydrogen (secondary N) is 2. The molecule has 0 heterocycles. The number of urea groups is 1. The highest BCUT2D eigenvalue weighted by Gasteiger charge is 2.13.